The molecule has 2 aromatic rings. The molecule has 27 heavy (non-hydrogen) atoms. The summed E-state index contributed by atoms with van der Waals surface area (Å²) in [5.41, 5.74) is 2.88. The van der Waals surface area contributed by atoms with E-state index in [0.717, 1.165) is 25.2 Å². The highest BCUT2D eigenvalue weighted by Gasteiger charge is 2.14. The van der Waals surface area contributed by atoms with Crippen LogP contribution in [0.1, 0.15) is 37.5 Å². The number of carbonyl (C=O) groups excluding carboxylic acids is 1. The van der Waals surface area contributed by atoms with Crippen molar-refractivity contribution in [3.05, 3.63) is 65.2 Å². The number of nitrogens with zero attached hydrogens (tertiary/aromatic N) is 2. The Morgan fingerprint density at radius 1 is 1.07 bits per heavy atom. The highest BCUT2D eigenvalue weighted by molar-refractivity contribution is 5.80. The number of benzene rings is 2. The van der Waals surface area contributed by atoms with Gasteiger partial charge in [0.2, 0.25) is 0 Å². The van der Waals surface area contributed by atoms with Gasteiger partial charge in [-0.1, -0.05) is 38.1 Å². The van der Waals surface area contributed by atoms with Crippen molar-refractivity contribution in [2.45, 2.75) is 40.0 Å². The number of rotatable bonds is 9. The molecule has 5 heteroatoms. The lowest BCUT2D eigenvalue weighted by atomic mass is 10.1. The SMILES string of the molecule is CCN(CC)Cc1ccc(CNC(=O)C(C)Oc2ccc(C#N)cc2)cc1. The molecule has 1 atom stereocenters. The number of carbonyl (C=O) groups is 1. The molecule has 2 rings (SSSR count). The quantitative estimate of drug-likeness (QED) is 0.739. The summed E-state index contributed by atoms with van der Waals surface area (Å²) in [6, 6.07) is 17.1. The smallest absolute Gasteiger partial charge is 0.261 e. The van der Waals surface area contributed by atoms with E-state index in [0.29, 0.717) is 17.9 Å². The molecule has 0 saturated heterocycles. The van der Waals surface area contributed by atoms with E-state index < -0.39 is 6.10 Å². The van der Waals surface area contributed by atoms with Crippen molar-refractivity contribution in [1.82, 2.24) is 10.2 Å². The first-order valence-electron chi connectivity index (χ1n) is 9.30. The molecule has 0 aliphatic heterocycles. The molecule has 1 amide bonds. The Kier molecular flexibility index (Phi) is 7.84. The third-order valence-electron chi connectivity index (χ3n) is 4.46. The topological polar surface area (TPSA) is 65.4 Å². The average molecular weight is 365 g/mol. The molecule has 142 valence electrons. The van der Waals surface area contributed by atoms with Gasteiger partial charge in [-0.2, -0.15) is 5.26 Å². The Hall–Kier alpha value is -2.84. The Balaban J connectivity index is 1.82. The van der Waals surface area contributed by atoms with Gasteiger partial charge in [-0.3, -0.25) is 9.69 Å². The average Bonchev–Trinajstić information content (AvgIpc) is 2.71. The first-order valence-corrected chi connectivity index (χ1v) is 9.30. The van der Waals surface area contributed by atoms with Crippen LogP contribution in [0.2, 0.25) is 0 Å². The van der Waals surface area contributed by atoms with E-state index in [1.165, 1.54) is 5.56 Å². The van der Waals surface area contributed by atoms with Gasteiger partial charge in [-0.05, 0) is 55.4 Å². The molecule has 0 aliphatic rings. The lowest BCUT2D eigenvalue weighted by Crippen LogP contribution is -2.35. The largest absolute Gasteiger partial charge is 0.481 e. The van der Waals surface area contributed by atoms with Gasteiger partial charge in [0.25, 0.3) is 5.91 Å². The number of amides is 1. The molecule has 5 nitrogen and oxygen atoms in total. The van der Waals surface area contributed by atoms with E-state index >= 15 is 0 Å². The summed E-state index contributed by atoms with van der Waals surface area (Å²) >= 11 is 0. The summed E-state index contributed by atoms with van der Waals surface area (Å²) in [5.74, 6) is 0.393. The van der Waals surface area contributed by atoms with Gasteiger partial charge in [0.1, 0.15) is 5.75 Å². The second kappa shape index (κ2) is 10.3. The molecule has 2 aromatic carbocycles. The fourth-order valence-corrected chi connectivity index (χ4v) is 2.67. The zero-order chi connectivity index (χ0) is 19.6. The minimum absolute atomic E-state index is 0.174. The van der Waals surface area contributed by atoms with E-state index in [2.05, 4.69) is 42.3 Å². The molecule has 0 spiro atoms. The summed E-state index contributed by atoms with van der Waals surface area (Å²) in [6.07, 6.45) is -0.611. The number of hydrogen-bond donors (Lipinski definition) is 1. The van der Waals surface area contributed by atoms with Crippen LogP contribution in [0.5, 0.6) is 5.75 Å². The summed E-state index contributed by atoms with van der Waals surface area (Å²) in [5, 5.41) is 11.7. The molecule has 1 unspecified atom stereocenters. The van der Waals surface area contributed by atoms with E-state index in [1.807, 2.05) is 12.1 Å². The van der Waals surface area contributed by atoms with Crippen LogP contribution in [-0.4, -0.2) is 30.0 Å². The third-order valence-corrected chi connectivity index (χ3v) is 4.46. The molecule has 0 aromatic heterocycles. The minimum Gasteiger partial charge on any atom is -0.481 e. The fourth-order valence-electron chi connectivity index (χ4n) is 2.67. The van der Waals surface area contributed by atoms with Crippen LogP contribution in [0, 0.1) is 11.3 Å². The number of nitriles is 1. The highest BCUT2D eigenvalue weighted by atomic mass is 16.5. The molecule has 0 heterocycles. The van der Waals surface area contributed by atoms with Crippen LogP contribution in [0.15, 0.2) is 48.5 Å². The summed E-state index contributed by atoms with van der Waals surface area (Å²) in [7, 11) is 0. The van der Waals surface area contributed by atoms with E-state index in [4.69, 9.17) is 10.00 Å². The van der Waals surface area contributed by atoms with Crippen molar-refractivity contribution in [2.24, 2.45) is 0 Å². The predicted octanol–water partition coefficient (Wildman–Crippen LogP) is 3.48. The normalized spacial score (nSPS) is 11.7. The van der Waals surface area contributed by atoms with E-state index in [1.54, 1.807) is 31.2 Å². The van der Waals surface area contributed by atoms with Crippen LogP contribution in [0.25, 0.3) is 0 Å². The van der Waals surface area contributed by atoms with Gasteiger partial charge in [-0.25, -0.2) is 0 Å². The Morgan fingerprint density at radius 2 is 1.67 bits per heavy atom. The van der Waals surface area contributed by atoms with Gasteiger partial charge < -0.3 is 10.1 Å². The standard InChI is InChI=1S/C22H27N3O2/c1-4-25(5-2)16-20-8-6-19(7-9-20)15-24-22(26)17(3)27-21-12-10-18(14-23)11-13-21/h6-13,17H,4-5,15-16H2,1-3H3,(H,24,26). The maximum Gasteiger partial charge on any atom is 0.261 e. The number of ether oxygens (including phenoxy) is 1. The number of hydrogen-bond acceptors (Lipinski definition) is 4. The monoisotopic (exact) mass is 365 g/mol. The van der Waals surface area contributed by atoms with Crippen LogP contribution >= 0.6 is 0 Å². The van der Waals surface area contributed by atoms with E-state index in [9.17, 15) is 4.79 Å². The molecular formula is C22H27N3O2. The van der Waals surface area contributed by atoms with Crippen molar-refractivity contribution >= 4 is 5.91 Å². The van der Waals surface area contributed by atoms with Gasteiger partial charge in [0, 0.05) is 13.1 Å². The molecular weight excluding hydrogens is 338 g/mol. The van der Waals surface area contributed by atoms with Crippen LogP contribution < -0.4 is 10.1 Å². The predicted molar refractivity (Wildman–Crippen MR) is 106 cm³/mol. The van der Waals surface area contributed by atoms with Crippen molar-refractivity contribution in [1.29, 1.82) is 5.26 Å². The first kappa shape index (κ1) is 20.5. The lowest BCUT2D eigenvalue weighted by Gasteiger charge is -2.18. The highest BCUT2D eigenvalue weighted by Crippen LogP contribution is 2.13. The molecule has 0 bridgehead atoms. The zero-order valence-corrected chi connectivity index (χ0v) is 16.2. The minimum atomic E-state index is -0.611. The second-order valence-electron chi connectivity index (χ2n) is 6.39. The van der Waals surface area contributed by atoms with Crippen LogP contribution in [0.4, 0.5) is 0 Å². The Labute approximate surface area is 161 Å². The Morgan fingerprint density at radius 3 is 2.22 bits per heavy atom. The van der Waals surface area contributed by atoms with E-state index in [-0.39, 0.29) is 5.91 Å². The maximum atomic E-state index is 12.2. The van der Waals surface area contributed by atoms with Gasteiger partial charge in [-0.15, -0.1) is 0 Å². The summed E-state index contributed by atoms with van der Waals surface area (Å²) < 4.78 is 5.62. The Bertz CT molecular complexity index is 760. The second-order valence-corrected chi connectivity index (χ2v) is 6.39. The zero-order valence-electron chi connectivity index (χ0n) is 16.2. The molecule has 0 aliphatic carbocycles. The van der Waals surface area contributed by atoms with Crippen LogP contribution in [0.3, 0.4) is 0 Å². The van der Waals surface area contributed by atoms with Gasteiger partial charge in [0.15, 0.2) is 6.10 Å². The molecule has 0 radical (unpaired) electrons. The van der Waals surface area contributed by atoms with Crippen molar-refractivity contribution in [3.8, 4) is 11.8 Å². The summed E-state index contributed by atoms with van der Waals surface area (Å²) in [4.78, 5) is 14.6. The maximum absolute atomic E-state index is 12.2. The van der Waals surface area contributed by atoms with Crippen molar-refractivity contribution in [3.63, 3.8) is 0 Å². The molecule has 0 saturated carbocycles. The molecule has 0 fully saturated rings. The summed E-state index contributed by atoms with van der Waals surface area (Å²) in [6.45, 7) is 9.50. The first-order chi connectivity index (χ1) is 13.0. The van der Waals surface area contributed by atoms with Gasteiger partial charge in [0.05, 0.1) is 11.6 Å². The number of nitrogens with one attached hydrogen (secondary N) is 1. The fraction of sp³-hybridized carbons (Fsp3) is 0.364. The molecule has 1 N–H and O–H groups in total. The third kappa shape index (κ3) is 6.43. The van der Waals surface area contributed by atoms with Crippen molar-refractivity contribution < 1.29 is 9.53 Å². The lowest BCUT2D eigenvalue weighted by molar-refractivity contribution is -0.127. The van der Waals surface area contributed by atoms with Gasteiger partial charge >= 0.3 is 0 Å². The van der Waals surface area contributed by atoms with Crippen molar-refractivity contribution in [2.75, 3.05) is 13.1 Å². The van der Waals surface area contributed by atoms with Crippen LogP contribution in [-0.2, 0) is 17.9 Å².